The Balaban J connectivity index is 1.35. The number of likely N-dealkylation sites (tertiary alicyclic amines) is 1. The number of imidazole rings is 1. The smallest absolute Gasteiger partial charge is 0.231 e. The molecule has 1 aromatic carbocycles. The van der Waals surface area contributed by atoms with Crippen LogP contribution in [0.4, 0.5) is 5.69 Å². The monoisotopic (exact) mass is 367 g/mol. The average molecular weight is 367 g/mol. The number of hydrogen-bond donors (Lipinski definition) is 2. The lowest BCUT2D eigenvalue weighted by Crippen LogP contribution is -2.23. The largest absolute Gasteiger partial charge is 0.347 e. The van der Waals surface area contributed by atoms with E-state index in [1.165, 1.54) is 6.42 Å². The van der Waals surface area contributed by atoms with Crippen molar-refractivity contribution in [3.63, 3.8) is 0 Å². The highest BCUT2D eigenvalue weighted by Crippen LogP contribution is 2.31. The number of thiazole rings is 1. The summed E-state index contributed by atoms with van der Waals surface area (Å²) in [6.07, 6.45) is 6.27. The third-order valence-electron chi connectivity index (χ3n) is 4.53. The molecule has 0 radical (unpaired) electrons. The number of aromatic amines is 1. The number of hydrogen-bond acceptors (Lipinski definition) is 5. The van der Waals surface area contributed by atoms with E-state index >= 15 is 0 Å². The summed E-state index contributed by atoms with van der Waals surface area (Å²) >= 11 is 1.55. The lowest BCUT2D eigenvalue weighted by atomic mass is 10.2. The Morgan fingerprint density at radius 1 is 1.35 bits per heavy atom. The van der Waals surface area contributed by atoms with E-state index in [2.05, 4.69) is 30.5 Å². The second-order valence-electron chi connectivity index (χ2n) is 6.43. The number of rotatable bonds is 6. The van der Waals surface area contributed by atoms with E-state index in [0.29, 0.717) is 12.5 Å². The SMILES string of the molecule is O=C(Cc1nc(CN2CCCC2c2ncc[nH]2)cs1)Nc1ccccc1. The van der Waals surface area contributed by atoms with Crippen LogP contribution in [0.5, 0.6) is 0 Å². The van der Waals surface area contributed by atoms with E-state index in [1.54, 1.807) is 17.5 Å². The van der Waals surface area contributed by atoms with E-state index in [1.807, 2.05) is 36.5 Å². The van der Waals surface area contributed by atoms with Crippen molar-refractivity contribution in [3.8, 4) is 0 Å². The van der Waals surface area contributed by atoms with Crippen LogP contribution in [-0.4, -0.2) is 32.3 Å². The number of nitrogens with zero attached hydrogens (tertiary/aromatic N) is 3. The fourth-order valence-electron chi connectivity index (χ4n) is 3.36. The van der Waals surface area contributed by atoms with Crippen LogP contribution < -0.4 is 5.32 Å². The number of H-pyrrole nitrogens is 1. The van der Waals surface area contributed by atoms with Crippen LogP contribution in [0.1, 0.15) is 35.4 Å². The molecule has 7 heteroatoms. The molecular weight excluding hydrogens is 346 g/mol. The number of amides is 1. The molecule has 26 heavy (non-hydrogen) atoms. The molecule has 1 aliphatic rings. The van der Waals surface area contributed by atoms with Gasteiger partial charge < -0.3 is 10.3 Å². The van der Waals surface area contributed by atoms with Crippen LogP contribution in [0.25, 0.3) is 0 Å². The zero-order chi connectivity index (χ0) is 17.8. The molecule has 6 nitrogen and oxygen atoms in total. The van der Waals surface area contributed by atoms with E-state index in [-0.39, 0.29) is 5.91 Å². The minimum absolute atomic E-state index is 0.0354. The molecular formula is C19H21N5OS. The maximum atomic E-state index is 12.2. The quantitative estimate of drug-likeness (QED) is 0.700. The molecule has 1 aliphatic heterocycles. The van der Waals surface area contributed by atoms with E-state index in [9.17, 15) is 4.79 Å². The summed E-state index contributed by atoms with van der Waals surface area (Å²) in [6, 6.07) is 9.83. The fraction of sp³-hybridized carbons (Fsp3) is 0.316. The molecule has 1 amide bonds. The van der Waals surface area contributed by atoms with Crippen LogP contribution in [0.3, 0.4) is 0 Å². The van der Waals surface area contributed by atoms with Gasteiger partial charge >= 0.3 is 0 Å². The average Bonchev–Trinajstić information content (AvgIpc) is 3.38. The van der Waals surface area contributed by atoms with Crippen molar-refractivity contribution in [1.82, 2.24) is 19.9 Å². The van der Waals surface area contributed by atoms with Gasteiger partial charge in [0.1, 0.15) is 10.8 Å². The molecule has 1 saturated heterocycles. The Kier molecular flexibility index (Phi) is 5.08. The van der Waals surface area contributed by atoms with Crippen molar-refractivity contribution in [2.24, 2.45) is 0 Å². The number of carbonyl (C=O) groups is 1. The van der Waals surface area contributed by atoms with Gasteiger partial charge in [-0.3, -0.25) is 9.69 Å². The molecule has 0 saturated carbocycles. The minimum Gasteiger partial charge on any atom is -0.347 e. The van der Waals surface area contributed by atoms with Crippen molar-refractivity contribution in [2.45, 2.75) is 31.8 Å². The molecule has 4 rings (SSSR count). The van der Waals surface area contributed by atoms with Crippen molar-refractivity contribution in [2.75, 3.05) is 11.9 Å². The highest BCUT2D eigenvalue weighted by molar-refractivity contribution is 7.09. The van der Waals surface area contributed by atoms with Crippen molar-refractivity contribution >= 4 is 22.9 Å². The normalized spacial score (nSPS) is 17.5. The van der Waals surface area contributed by atoms with Gasteiger partial charge in [0.2, 0.25) is 5.91 Å². The Morgan fingerprint density at radius 3 is 3.04 bits per heavy atom. The van der Waals surface area contributed by atoms with Gasteiger partial charge in [0, 0.05) is 30.0 Å². The zero-order valence-electron chi connectivity index (χ0n) is 14.4. The summed E-state index contributed by atoms with van der Waals surface area (Å²) in [5.74, 6) is 0.993. The summed E-state index contributed by atoms with van der Waals surface area (Å²) in [5.41, 5.74) is 1.84. The van der Waals surface area contributed by atoms with Gasteiger partial charge in [0.15, 0.2) is 0 Å². The summed E-state index contributed by atoms with van der Waals surface area (Å²) in [7, 11) is 0. The Morgan fingerprint density at radius 2 is 2.23 bits per heavy atom. The summed E-state index contributed by atoms with van der Waals surface area (Å²) < 4.78 is 0. The van der Waals surface area contributed by atoms with Gasteiger partial charge in [-0.2, -0.15) is 0 Å². The van der Waals surface area contributed by atoms with Crippen LogP contribution in [0.2, 0.25) is 0 Å². The highest BCUT2D eigenvalue weighted by atomic mass is 32.1. The molecule has 0 spiro atoms. The van der Waals surface area contributed by atoms with E-state index < -0.39 is 0 Å². The molecule has 3 heterocycles. The number of nitrogens with one attached hydrogen (secondary N) is 2. The maximum Gasteiger partial charge on any atom is 0.231 e. The summed E-state index contributed by atoms with van der Waals surface area (Å²) in [5, 5.41) is 5.81. The summed E-state index contributed by atoms with van der Waals surface area (Å²) in [6.45, 7) is 1.84. The highest BCUT2D eigenvalue weighted by Gasteiger charge is 2.28. The Labute approximate surface area is 156 Å². The van der Waals surface area contributed by atoms with Gasteiger partial charge in [-0.1, -0.05) is 18.2 Å². The van der Waals surface area contributed by atoms with Crippen molar-refractivity contribution < 1.29 is 4.79 Å². The standard InChI is InChI=1S/C19H21N5OS/c25-17(22-14-5-2-1-3-6-14)11-18-23-15(13-26-18)12-24-10-4-7-16(24)19-20-8-9-21-19/h1-3,5-6,8-9,13,16H,4,7,10-12H2,(H,20,21)(H,22,25). The third kappa shape index (κ3) is 4.00. The van der Waals surface area contributed by atoms with Gasteiger partial charge in [-0.05, 0) is 31.5 Å². The van der Waals surface area contributed by atoms with Crippen LogP contribution in [0, 0.1) is 0 Å². The Hall–Kier alpha value is -2.51. The number of benzene rings is 1. The van der Waals surface area contributed by atoms with E-state index in [0.717, 1.165) is 41.7 Å². The molecule has 0 aliphatic carbocycles. The van der Waals surface area contributed by atoms with Gasteiger partial charge in [-0.15, -0.1) is 11.3 Å². The predicted molar refractivity (Wildman–Crippen MR) is 102 cm³/mol. The topological polar surface area (TPSA) is 73.9 Å². The van der Waals surface area contributed by atoms with Crippen molar-refractivity contribution in [3.05, 3.63) is 64.6 Å². The molecule has 1 fully saturated rings. The lowest BCUT2D eigenvalue weighted by molar-refractivity contribution is -0.115. The molecule has 2 N–H and O–H groups in total. The minimum atomic E-state index is -0.0354. The van der Waals surface area contributed by atoms with Crippen LogP contribution in [0.15, 0.2) is 48.1 Å². The van der Waals surface area contributed by atoms with Crippen LogP contribution >= 0.6 is 11.3 Å². The third-order valence-corrected chi connectivity index (χ3v) is 5.43. The van der Waals surface area contributed by atoms with E-state index in [4.69, 9.17) is 0 Å². The number of para-hydroxylation sites is 1. The lowest BCUT2D eigenvalue weighted by Gasteiger charge is -2.21. The van der Waals surface area contributed by atoms with Gasteiger partial charge in [-0.25, -0.2) is 9.97 Å². The molecule has 3 aromatic rings. The second kappa shape index (κ2) is 7.80. The fourth-order valence-corrected chi connectivity index (χ4v) is 4.14. The predicted octanol–water partition coefficient (Wildman–Crippen LogP) is 3.38. The van der Waals surface area contributed by atoms with Gasteiger partial charge in [0.05, 0.1) is 18.2 Å². The maximum absolute atomic E-state index is 12.2. The summed E-state index contributed by atoms with van der Waals surface area (Å²) in [4.78, 5) is 26.9. The van der Waals surface area contributed by atoms with Gasteiger partial charge in [0.25, 0.3) is 0 Å². The van der Waals surface area contributed by atoms with Crippen LogP contribution in [-0.2, 0) is 17.8 Å². The van der Waals surface area contributed by atoms with Crippen molar-refractivity contribution in [1.29, 1.82) is 0 Å². The molecule has 1 atom stereocenters. The number of anilines is 1. The Bertz CT molecular complexity index is 846. The molecule has 2 aromatic heterocycles. The number of carbonyl (C=O) groups excluding carboxylic acids is 1. The molecule has 134 valence electrons. The molecule has 0 bridgehead atoms. The molecule has 1 unspecified atom stereocenters. The first-order chi connectivity index (χ1) is 12.8. The zero-order valence-corrected chi connectivity index (χ0v) is 15.2. The first-order valence-corrected chi connectivity index (χ1v) is 9.67. The first-order valence-electron chi connectivity index (χ1n) is 8.79. The second-order valence-corrected chi connectivity index (χ2v) is 7.37. The number of aromatic nitrogens is 3. The first kappa shape index (κ1) is 16.9.